The van der Waals surface area contributed by atoms with Crippen LogP contribution in [0.4, 0.5) is 0 Å². The minimum Gasteiger partial charge on any atom is -0.313 e. The van der Waals surface area contributed by atoms with Gasteiger partial charge in [0.2, 0.25) is 0 Å². The fourth-order valence-electron chi connectivity index (χ4n) is 4.50. The van der Waals surface area contributed by atoms with Crippen molar-refractivity contribution in [1.82, 2.24) is 15.1 Å². The second-order valence-corrected chi connectivity index (χ2v) is 8.34. The van der Waals surface area contributed by atoms with Gasteiger partial charge in [0.05, 0.1) is 0 Å². The lowest BCUT2D eigenvalue weighted by molar-refractivity contribution is -0.0478. The number of hydrogen-bond acceptors (Lipinski definition) is 3. The maximum Gasteiger partial charge on any atom is 0.0107 e. The monoisotopic (exact) mass is 323 g/mol. The molecule has 0 saturated carbocycles. The average molecular weight is 324 g/mol. The second-order valence-electron chi connectivity index (χ2n) is 8.34. The van der Waals surface area contributed by atoms with Crippen LogP contribution < -0.4 is 5.32 Å². The van der Waals surface area contributed by atoms with Crippen LogP contribution in [0.3, 0.4) is 0 Å². The highest BCUT2D eigenvalue weighted by molar-refractivity contribution is 4.98. The molecule has 2 aliphatic heterocycles. The number of nitrogens with one attached hydrogen (secondary N) is 1. The van der Waals surface area contributed by atoms with Crippen LogP contribution in [0.2, 0.25) is 0 Å². The molecule has 0 bridgehead atoms. The van der Waals surface area contributed by atoms with Crippen LogP contribution in [-0.4, -0.2) is 61.7 Å². The molecule has 0 aromatic heterocycles. The number of hydrogen-bond donors (Lipinski definition) is 1. The Bertz CT molecular complexity index is 311. The van der Waals surface area contributed by atoms with Crippen LogP contribution in [0, 0.1) is 11.3 Å². The van der Waals surface area contributed by atoms with E-state index < -0.39 is 0 Å². The van der Waals surface area contributed by atoms with Crippen molar-refractivity contribution in [2.75, 3.05) is 45.8 Å². The Morgan fingerprint density at radius 1 is 1.00 bits per heavy atom. The Morgan fingerprint density at radius 3 is 2.22 bits per heavy atom. The molecular formula is C20H41N3. The molecule has 0 amide bonds. The summed E-state index contributed by atoms with van der Waals surface area (Å²) in [6, 6.07) is 0.684. The molecule has 0 aromatic rings. The lowest BCUT2D eigenvalue weighted by Gasteiger charge is -2.54. The average Bonchev–Trinajstić information content (AvgIpc) is 2.52. The van der Waals surface area contributed by atoms with Gasteiger partial charge in [0.1, 0.15) is 0 Å². The molecule has 2 rings (SSSR count). The minimum absolute atomic E-state index is 0.680. The molecule has 1 unspecified atom stereocenters. The van der Waals surface area contributed by atoms with Crippen molar-refractivity contribution in [3.05, 3.63) is 0 Å². The highest BCUT2D eigenvalue weighted by Crippen LogP contribution is 2.40. The van der Waals surface area contributed by atoms with Crippen LogP contribution >= 0.6 is 0 Å². The Labute approximate surface area is 145 Å². The van der Waals surface area contributed by atoms with Crippen LogP contribution in [0.5, 0.6) is 0 Å². The van der Waals surface area contributed by atoms with Gasteiger partial charge in [-0.05, 0) is 50.6 Å². The van der Waals surface area contributed by atoms with Crippen LogP contribution in [0.15, 0.2) is 0 Å². The van der Waals surface area contributed by atoms with Gasteiger partial charge < -0.3 is 15.1 Å². The summed E-state index contributed by atoms with van der Waals surface area (Å²) in [6.07, 6.45) is 8.14. The smallest absolute Gasteiger partial charge is 0.0107 e. The van der Waals surface area contributed by atoms with Crippen molar-refractivity contribution in [3.63, 3.8) is 0 Å². The van der Waals surface area contributed by atoms with Crippen molar-refractivity contribution >= 4 is 0 Å². The van der Waals surface area contributed by atoms with Crippen LogP contribution in [0.1, 0.15) is 66.2 Å². The zero-order chi connectivity index (χ0) is 16.7. The standard InChI is InChI=1S/C20H41N3/c1-5-8-18(4)21-11-14-23-16-20(17-23)9-12-22(13-10-20)15-19(6-2)7-3/h18-19,21H,5-17H2,1-4H3. The SMILES string of the molecule is CCCC(C)NCCN1CC2(CCN(CC(CC)CC)CC2)C1. The van der Waals surface area contributed by atoms with Gasteiger partial charge >= 0.3 is 0 Å². The summed E-state index contributed by atoms with van der Waals surface area (Å²) in [4.78, 5) is 5.40. The van der Waals surface area contributed by atoms with E-state index in [0.29, 0.717) is 11.5 Å². The Hall–Kier alpha value is -0.120. The van der Waals surface area contributed by atoms with Gasteiger partial charge in [0.15, 0.2) is 0 Å². The van der Waals surface area contributed by atoms with E-state index in [2.05, 4.69) is 42.8 Å². The summed E-state index contributed by atoms with van der Waals surface area (Å²) in [7, 11) is 0. The van der Waals surface area contributed by atoms with E-state index in [1.54, 1.807) is 0 Å². The maximum atomic E-state index is 3.67. The third kappa shape index (κ3) is 5.72. The fraction of sp³-hybridized carbons (Fsp3) is 1.00. The van der Waals surface area contributed by atoms with E-state index in [1.165, 1.54) is 77.8 Å². The molecule has 0 aromatic carbocycles. The van der Waals surface area contributed by atoms with Crippen molar-refractivity contribution in [1.29, 1.82) is 0 Å². The fourth-order valence-corrected chi connectivity index (χ4v) is 4.50. The molecule has 0 aliphatic carbocycles. The Morgan fingerprint density at radius 2 is 1.65 bits per heavy atom. The van der Waals surface area contributed by atoms with Gasteiger partial charge in [0.25, 0.3) is 0 Å². The summed E-state index contributed by atoms with van der Waals surface area (Å²) in [5, 5.41) is 3.67. The normalized spacial score (nSPS) is 23.3. The van der Waals surface area contributed by atoms with E-state index in [1.807, 2.05) is 0 Å². The second kappa shape index (κ2) is 9.39. The van der Waals surface area contributed by atoms with Crippen molar-refractivity contribution in [3.8, 4) is 0 Å². The van der Waals surface area contributed by atoms with Gasteiger partial charge in [-0.3, -0.25) is 0 Å². The van der Waals surface area contributed by atoms with Gasteiger partial charge in [-0.2, -0.15) is 0 Å². The summed E-state index contributed by atoms with van der Waals surface area (Å²) < 4.78 is 0. The lowest BCUT2D eigenvalue weighted by atomic mass is 9.72. The molecule has 2 saturated heterocycles. The van der Waals surface area contributed by atoms with E-state index in [0.717, 1.165) is 12.5 Å². The summed E-state index contributed by atoms with van der Waals surface area (Å²) in [5.74, 6) is 0.915. The number of rotatable bonds is 10. The predicted octanol–water partition coefficient (Wildman–Crippen LogP) is 3.60. The molecule has 2 fully saturated rings. The van der Waals surface area contributed by atoms with Crippen molar-refractivity contribution in [2.24, 2.45) is 11.3 Å². The van der Waals surface area contributed by atoms with Crippen LogP contribution in [0.25, 0.3) is 0 Å². The number of likely N-dealkylation sites (tertiary alicyclic amines) is 2. The molecule has 0 radical (unpaired) electrons. The molecule has 2 heterocycles. The van der Waals surface area contributed by atoms with Gasteiger partial charge in [-0.25, -0.2) is 0 Å². The first kappa shape index (κ1) is 19.2. The summed E-state index contributed by atoms with van der Waals surface area (Å²) >= 11 is 0. The zero-order valence-electron chi connectivity index (χ0n) is 16.2. The lowest BCUT2D eigenvalue weighted by Crippen LogP contribution is -2.61. The quantitative estimate of drug-likeness (QED) is 0.663. The molecule has 1 atom stereocenters. The van der Waals surface area contributed by atoms with Gasteiger partial charge in [-0.1, -0.05) is 40.0 Å². The molecule has 3 heteroatoms. The molecule has 2 aliphatic rings. The topological polar surface area (TPSA) is 18.5 Å². The number of nitrogens with zero attached hydrogens (tertiary/aromatic N) is 2. The third-order valence-corrected chi connectivity index (χ3v) is 6.35. The largest absolute Gasteiger partial charge is 0.313 e. The Kier molecular flexibility index (Phi) is 7.84. The molecule has 136 valence electrons. The maximum absolute atomic E-state index is 3.67. The third-order valence-electron chi connectivity index (χ3n) is 6.35. The summed E-state index contributed by atoms with van der Waals surface area (Å²) in [6.45, 7) is 18.4. The highest BCUT2D eigenvalue weighted by atomic mass is 15.2. The molecule has 1 spiro atoms. The van der Waals surface area contributed by atoms with Crippen molar-refractivity contribution in [2.45, 2.75) is 72.3 Å². The van der Waals surface area contributed by atoms with Crippen LogP contribution in [-0.2, 0) is 0 Å². The van der Waals surface area contributed by atoms with E-state index in [-0.39, 0.29) is 0 Å². The first-order valence-electron chi connectivity index (χ1n) is 10.3. The first-order valence-corrected chi connectivity index (χ1v) is 10.3. The van der Waals surface area contributed by atoms with Gasteiger partial charge in [0, 0.05) is 38.8 Å². The van der Waals surface area contributed by atoms with E-state index in [9.17, 15) is 0 Å². The molecule has 23 heavy (non-hydrogen) atoms. The van der Waals surface area contributed by atoms with E-state index >= 15 is 0 Å². The molecular weight excluding hydrogens is 282 g/mol. The zero-order valence-corrected chi connectivity index (χ0v) is 16.2. The molecule has 1 N–H and O–H groups in total. The minimum atomic E-state index is 0.680. The van der Waals surface area contributed by atoms with Gasteiger partial charge in [-0.15, -0.1) is 0 Å². The Balaban J connectivity index is 1.58. The molecule has 3 nitrogen and oxygen atoms in total. The van der Waals surface area contributed by atoms with E-state index in [4.69, 9.17) is 0 Å². The number of piperidine rings is 1. The highest BCUT2D eigenvalue weighted by Gasteiger charge is 2.44. The summed E-state index contributed by atoms with van der Waals surface area (Å²) in [5.41, 5.74) is 0.680. The predicted molar refractivity (Wildman–Crippen MR) is 101 cm³/mol. The van der Waals surface area contributed by atoms with Crippen molar-refractivity contribution < 1.29 is 0 Å². The first-order chi connectivity index (χ1) is 11.1.